The van der Waals surface area contributed by atoms with Crippen molar-refractivity contribution in [2.45, 2.75) is 44.6 Å². The monoisotopic (exact) mass is 377 g/mol. The van der Waals surface area contributed by atoms with Crippen molar-refractivity contribution in [2.75, 3.05) is 39.9 Å². The van der Waals surface area contributed by atoms with Crippen molar-refractivity contribution in [3.8, 4) is 0 Å². The largest absolute Gasteiger partial charge is 0.469 e. The molecule has 0 bridgehead atoms. The number of furan rings is 1. The van der Waals surface area contributed by atoms with Crippen LogP contribution in [0.25, 0.3) is 0 Å². The molecule has 3 rings (SSSR count). The molecule has 0 aliphatic carbocycles. The van der Waals surface area contributed by atoms with Gasteiger partial charge in [-0.15, -0.1) is 0 Å². The number of rotatable bonds is 6. The van der Waals surface area contributed by atoms with Gasteiger partial charge in [0.2, 0.25) is 0 Å². The molecule has 27 heavy (non-hydrogen) atoms. The first-order valence-corrected chi connectivity index (χ1v) is 10.0. The molecule has 1 N–H and O–H groups in total. The number of hydrogen-bond donors (Lipinski definition) is 1. The summed E-state index contributed by atoms with van der Waals surface area (Å²) < 4.78 is 16.1. The number of nitrogens with zero attached hydrogens (tertiary/aromatic N) is 2. The maximum Gasteiger partial charge on any atom is 0.308 e. The molecule has 0 aromatic carbocycles. The standard InChI is InChI=1S/C20H31N3O4/c1-25-19(24)16-8-11-23(12-9-16)20(21-10-7-17-6-4-14-26-17)22-15-18-5-2-3-13-27-18/h4,6,14,16,18H,2-3,5,7-13,15H2,1H3,(H,21,22). The van der Waals surface area contributed by atoms with Crippen LogP contribution in [0, 0.1) is 5.92 Å². The van der Waals surface area contributed by atoms with E-state index in [4.69, 9.17) is 18.9 Å². The molecule has 3 heterocycles. The molecule has 7 heteroatoms. The molecular formula is C20H31N3O4. The predicted molar refractivity (Wildman–Crippen MR) is 103 cm³/mol. The molecule has 0 radical (unpaired) electrons. The van der Waals surface area contributed by atoms with Crippen molar-refractivity contribution in [3.63, 3.8) is 0 Å². The first-order chi connectivity index (χ1) is 13.3. The summed E-state index contributed by atoms with van der Waals surface area (Å²) in [7, 11) is 1.46. The summed E-state index contributed by atoms with van der Waals surface area (Å²) in [5.74, 6) is 1.76. The highest BCUT2D eigenvalue weighted by atomic mass is 16.5. The number of carbonyl (C=O) groups is 1. The fraction of sp³-hybridized carbons (Fsp3) is 0.700. The Morgan fingerprint density at radius 3 is 2.85 bits per heavy atom. The minimum Gasteiger partial charge on any atom is -0.469 e. The highest BCUT2D eigenvalue weighted by Crippen LogP contribution is 2.19. The van der Waals surface area contributed by atoms with Gasteiger partial charge in [-0.2, -0.15) is 0 Å². The van der Waals surface area contributed by atoms with Crippen molar-refractivity contribution in [2.24, 2.45) is 10.9 Å². The molecule has 1 aromatic heterocycles. The van der Waals surface area contributed by atoms with Crippen molar-refractivity contribution >= 4 is 11.9 Å². The summed E-state index contributed by atoms with van der Waals surface area (Å²) in [6.07, 6.45) is 7.76. The smallest absolute Gasteiger partial charge is 0.308 e. The molecule has 0 saturated carbocycles. The van der Waals surface area contributed by atoms with Gasteiger partial charge in [0.25, 0.3) is 0 Å². The third-order valence-corrected chi connectivity index (χ3v) is 5.28. The number of ether oxygens (including phenoxy) is 2. The van der Waals surface area contributed by atoms with Gasteiger partial charge in [-0.1, -0.05) is 0 Å². The Morgan fingerprint density at radius 2 is 2.19 bits per heavy atom. The molecule has 1 unspecified atom stereocenters. The van der Waals surface area contributed by atoms with Crippen molar-refractivity contribution < 1.29 is 18.7 Å². The van der Waals surface area contributed by atoms with Gasteiger partial charge in [0, 0.05) is 32.7 Å². The van der Waals surface area contributed by atoms with Gasteiger partial charge in [-0.05, 0) is 44.2 Å². The second kappa shape index (κ2) is 10.3. The molecular weight excluding hydrogens is 346 g/mol. The lowest BCUT2D eigenvalue weighted by molar-refractivity contribution is -0.146. The van der Waals surface area contributed by atoms with Crippen molar-refractivity contribution in [1.82, 2.24) is 10.2 Å². The van der Waals surface area contributed by atoms with E-state index in [1.165, 1.54) is 13.5 Å². The first-order valence-electron chi connectivity index (χ1n) is 10.0. The lowest BCUT2D eigenvalue weighted by Gasteiger charge is -2.33. The van der Waals surface area contributed by atoms with E-state index < -0.39 is 0 Å². The highest BCUT2D eigenvalue weighted by Gasteiger charge is 2.27. The minimum absolute atomic E-state index is 0.00250. The fourth-order valence-electron chi connectivity index (χ4n) is 3.65. The predicted octanol–water partition coefficient (Wildman–Crippen LogP) is 2.22. The van der Waals surface area contributed by atoms with E-state index >= 15 is 0 Å². The molecule has 0 spiro atoms. The summed E-state index contributed by atoms with van der Waals surface area (Å²) in [6, 6.07) is 3.89. The molecule has 150 valence electrons. The van der Waals surface area contributed by atoms with Gasteiger partial charge < -0.3 is 24.1 Å². The average Bonchev–Trinajstić information content (AvgIpc) is 3.24. The van der Waals surface area contributed by atoms with Crippen LogP contribution in [0.15, 0.2) is 27.8 Å². The van der Waals surface area contributed by atoms with E-state index in [-0.39, 0.29) is 18.0 Å². The summed E-state index contributed by atoms with van der Waals surface area (Å²) in [5, 5.41) is 3.47. The van der Waals surface area contributed by atoms with Crippen LogP contribution < -0.4 is 5.32 Å². The Bertz CT molecular complexity index is 588. The minimum atomic E-state index is -0.102. The molecule has 2 aliphatic heterocycles. The van der Waals surface area contributed by atoms with Gasteiger partial charge in [0.05, 0.1) is 31.9 Å². The first kappa shape index (κ1) is 19.7. The number of guanidine groups is 1. The van der Waals surface area contributed by atoms with Gasteiger partial charge in [-0.25, -0.2) is 0 Å². The van der Waals surface area contributed by atoms with E-state index in [9.17, 15) is 4.79 Å². The summed E-state index contributed by atoms with van der Waals surface area (Å²) >= 11 is 0. The number of methoxy groups -OCH3 is 1. The number of aliphatic imine (C=N–C) groups is 1. The number of carbonyl (C=O) groups excluding carboxylic acids is 1. The SMILES string of the molecule is COC(=O)C1CCN(C(=NCC2CCCCO2)NCCc2ccco2)CC1. The van der Waals surface area contributed by atoms with Crippen LogP contribution in [0.2, 0.25) is 0 Å². The Labute approximate surface area is 161 Å². The lowest BCUT2D eigenvalue weighted by atomic mass is 9.97. The van der Waals surface area contributed by atoms with Gasteiger partial charge in [-0.3, -0.25) is 9.79 Å². The van der Waals surface area contributed by atoms with E-state index in [0.717, 1.165) is 70.1 Å². The molecule has 2 aliphatic rings. The van der Waals surface area contributed by atoms with Crippen LogP contribution in [0.3, 0.4) is 0 Å². The average molecular weight is 377 g/mol. The van der Waals surface area contributed by atoms with E-state index in [1.54, 1.807) is 6.26 Å². The highest BCUT2D eigenvalue weighted by molar-refractivity contribution is 5.80. The van der Waals surface area contributed by atoms with E-state index in [1.807, 2.05) is 12.1 Å². The number of hydrogen-bond acceptors (Lipinski definition) is 5. The molecule has 7 nitrogen and oxygen atoms in total. The van der Waals surface area contributed by atoms with Crippen LogP contribution >= 0.6 is 0 Å². The molecule has 1 aromatic rings. The van der Waals surface area contributed by atoms with Crippen LogP contribution in [0.5, 0.6) is 0 Å². The zero-order chi connectivity index (χ0) is 18.9. The maximum absolute atomic E-state index is 11.8. The molecule has 1 atom stereocenters. The Morgan fingerprint density at radius 1 is 1.33 bits per heavy atom. The zero-order valence-electron chi connectivity index (χ0n) is 16.2. The Hall–Kier alpha value is -2.02. The van der Waals surface area contributed by atoms with Gasteiger partial charge >= 0.3 is 5.97 Å². The Balaban J connectivity index is 1.55. The topological polar surface area (TPSA) is 76.3 Å². The zero-order valence-corrected chi connectivity index (χ0v) is 16.2. The number of likely N-dealkylation sites (tertiary alicyclic amines) is 1. The summed E-state index contributed by atoms with van der Waals surface area (Å²) in [4.78, 5) is 18.8. The second-order valence-corrected chi connectivity index (χ2v) is 7.19. The van der Waals surface area contributed by atoms with Crippen LogP contribution in [-0.2, 0) is 20.7 Å². The lowest BCUT2D eigenvalue weighted by Crippen LogP contribution is -2.47. The quantitative estimate of drug-likeness (QED) is 0.465. The van der Waals surface area contributed by atoms with Crippen molar-refractivity contribution in [1.29, 1.82) is 0 Å². The van der Waals surface area contributed by atoms with Crippen LogP contribution in [0.4, 0.5) is 0 Å². The molecule has 2 fully saturated rings. The van der Waals surface area contributed by atoms with E-state index in [2.05, 4.69) is 10.2 Å². The second-order valence-electron chi connectivity index (χ2n) is 7.19. The third kappa shape index (κ3) is 5.99. The number of nitrogens with one attached hydrogen (secondary N) is 1. The van der Waals surface area contributed by atoms with Crippen LogP contribution in [-0.4, -0.2) is 62.8 Å². The fourth-order valence-corrected chi connectivity index (χ4v) is 3.65. The van der Waals surface area contributed by atoms with Gasteiger partial charge in [0.15, 0.2) is 5.96 Å². The van der Waals surface area contributed by atoms with Gasteiger partial charge in [0.1, 0.15) is 5.76 Å². The molecule has 2 saturated heterocycles. The van der Waals surface area contributed by atoms with Crippen LogP contribution in [0.1, 0.15) is 37.9 Å². The Kier molecular flexibility index (Phi) is 7.56. The molecule has 0 amide bonds. The van der Waals surface area contributed by atoms with E-state index in [0.29, 0.717) is 6.54 Å². The normalized spacial score (nSPS) is 21.9. The number of piperidine rings is 1. The third-order valence-electron chi connectivity index (χ3n) is 5.28. The maximum atomic E-state index is 11.8. The number of esters is 1. The van der Waals surface area contributed by atoms with Crippen molar-refractivity contribution in [3.05, 3.63) is 24.2 Å². The summed E-state index contributed by atoms with van der Waals surface area (Å²) in [5.41, 5.74) is 0. The summed E-state index contributed by atoms with van der Waals surface area (Å²) in [6.45, 7) is 3.89.